The predicted octanol–water partition coefficient (Wildman–Crippen LogP) is 4.03. The van der Waals surface area contributed by atoms with Crippen LogP contribution in [0.15, 0.2) is 53.4 Å². The first-order valence-electron chi connectivity index (χ1n) is 6.62. The molecule has 3 nitrogen and oxygen atoms in total. The summed E-state index contributed by atoms with van der Waals surface area (Å²) in [6.07, 6.45) is 0. The van der Waals surface area contributed by atoms with E-state index < -0.39 is 0 Å². The van der Waals surface area contributed by atoms with E-state index in [-0.39, 0.29) is 5.97 Å². The maximum absolute atomic E-state index is 11.9. The summed E-state index contributed by atoms with van der Waals surface area (Å²) >= 11 is 1.58. The van der Waals surface area contributed by atoms with Crippen LogP contribution < -0.4 is 0 Å². The van der Waals surface area contributed by atoms with Crippen molar-refractivity contribution in [2.45, 2.75) is 17.6 Å². The molecule has 0 aliphatic carbocycles. The summed E-state index contributed by atoms with van der Waals surface area (Å²) in [6, 6.07) is 17.0. The second kappa shape index (κ2) is 7.51. The quantitative estimate of drug-likeness (QED) is 0.617. The number of nitrogens with zero attached hydrogens (tertiary/aromatic N) is 1. The lowest BCUT2D eigenvalue weighted by molar-refractivity contribution is 0.0522. The first-order chi connectivity index (χ1) is 10.2. The Morgan fingerprint density at radius 2 is 1.90 bits per heavy atom. The summed E-state index contributed by atoms with van der Waals surface area (Å²) in [7, 11) is 0. The number of carbonyl (C=O) groups excluding carboxylic acids is 1. The smallest absolute Gasteiger partial charge is 0.339 e. The third-order valence-electron chi connectivity index (χ3n) is 2.86. The van der Waals surface area contributed by atoms with Gasteiger partial charge in [0.05, 0.1) is 23.8 Å². The minimum absolute atomic E-state index is 0.291. The van der Waals surface area contributed by atoms with Crippen molar-refractivity contribution in [1.29, 1.82) is 5.26 Å². The molecular weight excluding hydrogens is 282 g/mol. The maximum Gasteiger partial charge on any atom is 0.339 e. The Bertz CT molecular complexity index is 659. The zero-order valence-corrected chi connectivity index (χ0v) is 12.5. The molecule has 0 radical (unpaired) electrons. The van der Waals surface area contributed by atoms with E-state index in [1.807, 2.05) is 30.3 Å². The van der Waals surface area contributed by atoms with Gasteiger partial charge in [-0.05, 0) is 36.8 Å². The molecule has 0 aromatic heterocycles. The normalized spacial score (nSPS) is 9.90. The number of nitriles is 1. The highest BCUT2D eigenvalue weighted by Gasteiger charge is 2.12. The van der Waals surface area contributed by atoms with Gasteiger partial charge in [0.15, 0.2) is 0 Å². The van der Waals surface area contributed by atoms with Crippen molar-refractivity contribution in [3.8, 4) is 6.07 Å². The largest absolute Gasteiger partial charge is 0.462 e. The van der Waals surface area contributed by atoms with E-state index in [1.165, 1.54) is 0 Å². The molecular formula is C17H15NO2S. The number of thioether (sulfide) groups is 1. The molecule has 0 saturated heterocycles. The van der Waals surface area contributed by atoms with E-state index in [0.29, 0.717) is 17.7 Å². The summed E-state index contributed by atoms with van der Waals surface area (Å²) in [6.45, 7) is 2.16. The fourth-order valence-electron chi connectivity index (χ4n) is 1.81. The van der Waals surface area contributed by atoms with E-state index in [0.717, 1.165) is 16.2 Å². The fourth-order valence-corrected chi connectivity index (χ4v) is 2.80. The molecule has 0 N–H and O–H groups in total. The summed E-state index contributed by atoms with van der Waals surface area (Å²) in [5, 5.41) is 8.78. The Morgan fingerprint density at radius 3 is 2.57 bits per heavy atom. The number of ether oxygens (including phenoxy) is 1. The first-order valence-corrected chi connectivity index (χ1v) is 7.61. The van der Waals surface area contributed by atoms with Crippen LogP contribution in [-0.4, -0.2) is 12.6 Å². The number of hydrogen-bond donors (Lipinski definition) is 0. The van der Waals surface area contributed by atoms with Crippen LogP contribution in [0.25, 0.3) is 0 Å². The monoisotopic (exact) mass is 297 g/mol. The maximum atomic E-state index is 11.9. The van der Waals surface area contributed by atoms with E-state index >= 15 is 0 Å². The molecule has 0 atom stereocenters. The van der Waals surface area contributed by atoms with Crippen LogP contribution in [0.4, 0.5) is 0 Å². The van der Waals surface area contributed by atoms with Gasteiger partial charge in [0.1, 0.15) is 0 Å². The van der Waals surface area contributed by atoms with Gasteiger partial charge in [-0.2, -0.15) is 5.26 Å². The molecule has 0 aliphatic heterocycles. The van der Waals surface area contributed by atoms with Gasteiger partial charge in [0, 0.05) is 10.6 Å². The van der Waals surface area contributed by atoms with Gasteiger partial charge in [0.25, 0.3) is 0 Å². The molecule has 0 amide bonds. The number of carbonyl (C=O) groups is 1. The van der Waals surface area contributed by atoms with Gasteiger partial charge in [-0.3, -0.25) is 0 Å². The number of hydrogen-bond acceptors (Lipinski definition) is 4. The highest BCUT2D eigenvalue weighted by molar-refractivity contribution is 7.98. The average molecular weight is 297 g/mol. The molecule has 0 saturated carbocycles. The van der Waals surface area contributed by atoms with Crippen LogP contribution in [-0.2, 0) is 10.5 Å². The molecule has 0 spiro atoms. The Balaban J connectivity index is 2.09. The molecule has 2 rings (SSSR count). The van der Waals surface area contributed by atoms with Crippen molar-refractivity contribution in [2.75, 3.05) is 6.61 Å². The van der Waals surface area contributed by atoms with Gasteiger partial charge < -0.3 is 4.74 Å². The summed E-state index contributed by atoms with van der Waals surface area (Å²) in [5.74, 6) is 0.447. The van der Waals surface area contributed by atoms with Crippen molar-refractivity contribution >= 4 is 17.7 Å². The molecule has 0 heterocycles. The van der Waals surface area contributed by atoms with Gasteiger partial charge in [0.2, 0.25) is 0 Å². The Labute approximate surface area is 128 Å². The van der Waals surface area contributed by atoms with Crippen LogP contribution in [0, 0.1) is 11.3 Å². The Hall–Kier alpha value is -2.25. The van der Waals surface area contributed by atoms with E-state index in [2.05, 4.69) is 6.07 Å². The molecule has 0 bridgehead atoms. The molecule has 2 aromatic rings. The van der Waals surface area contributed by atoms with Crippen molar-refractivity contribution < 1.29 is 9.53 Å². The van der Waals surface area contributed by atoms with Crippen molar-refractivity contribution in [1.82, 2.24) is 0 Å². The lowest BCUT2D eigenvalue weighted by Crippen LogP contribution is -2.05. The fraction of sp³-hybridized carbons (Fsp3) is 0.176. The molecule has 21 heavy (non-hydrogen) atoms. The highest BCUT2D eigenvalue weighted by atomic mass is 32.2. The predicted molar refractivity (Wildman–Crippen MR) is 83.1 cm³/mol. The van der Waals surface area contributed by atoms with Gasteiger partial charge in [-0.15, -0.1) is 11.8 Å². The second-order valence-electron chi connectivity index (χ2n) is 4.31. The average Bonchev–Trinajstić information content (AvgIpc) is 2.54. The van der Waals surface area contributed by atoms with E-state index in [4.69, 9.17) is 10.00 Å². The van der Waals surface area contributed by atoms with Crippen LogP contribution in [0.3, 0.4) is 0 Å². The lowest BCUT2D eigenvalue weighted by Gasteiger charge is -2.08. The number of benzene rings is 2. The van der Waals surface area contributed by atoms with Crippen LogP contribution in [0.2, 0.25) is 0 Å². The second-order valence-corrected chi connectivity index (χ2v) is 5.33. The van der Waals surface area contributed by atoms with Crippen molar-refractivity contribution in [3.63, 3.8) is 0 Å². The minimum atomic E-state index is -0.291. The zero-order valence-electron chi connectivity index (χ0n) is 11.7. The Morgan fingerprint density at radius 1 is 1.19 bits per heavy atom. The third kappa shape index (κ3) is 4.11. The van der Waals surface area contributed by atoms with Gasteiger partial charge in [-0.25, -0.2) is 4.79 Å². The standard InChI is InChI=1S/C17H15NO2S/c1-2-20-17(19)15-5-3-4-6-16(15)21-12-14-9-7-13(11-18)8-10-14/h3-10H,2,12H2,1H3. The number of rotatable bonds is 5. The molecule has 0 fully saturated rings. The van der Waals surface area contributed by atoms with Crippen LogP contribution in [0.5, 0.6) is 0 Å². The van der Waals surface area contributed by atoms with Gasteiger partial charge in [-0.1, -0.05) is 24.3 Å². The highest BCUT2D eigenvalue weighted by Crippen LogP contribution is 2.27. The minimum Gasteiger partial charge on any atom is -0.462 e. The van der Waals surface area contributed by atoms with E-state index in [1.54, 1.807) is 36.9 Å². The third-order valence-corrected chi connectivity index (χ3v) is 4.00. The molecule has 0 aliphatic rings. The number of esters is 1. The molecule has 106 valence electrons. The van der Waals surface area contributed by atoms with Crippen molar-refractivity contribution in [2.24, 2.45) is 0 Å². The first kappa shape index (κ1) is 15.1. The molecule has 2 aromatic carbocycles. The van der Waals surface area contributed by atoms with Crippen LogP contribution >= 0.6 is 11.8 Å². The lowest BCUT2D eigenvalue weighted by atomic mass is 10.2. The topological polar surface area (TPSA) is 50.1 Å². The SMILES string of the molecule is CCOC(=O)c1ccccc1SCc1ccc(C#N)cc1. The summed E-state index contributed by atoms with van der Waals surface area (Å²) in [5.41, 5.74) is 2.35. The van der Waals surface area contributed by atoms with E-state index in [9.17, 15) is 4.79 Å². The zero-order chi connectivity index (χ0) is 15.1. The van der Waals surface area contributed by atoms with Crippen molar-refractivity contribution in [3.05, 3.63) is 65.2 Å². The summed E-state index contributed by atoms with van der Waals surface area (Å²) in [4.78, 5) is 12.8. The molecule has 4 heteroatoms. The summed E-state index contributed by atoms with van der Waals surface area (Å²) < 4.78 is 5.06. The van der Waals surface area contributed by atoms with Crippen LogP contribution in [0.1, 0.15) is 28.4 Å². The Kier molecular flexibility index (Phi) is 5.42. The van der Waals surface area contributed by atoms with Gasteiger partial charge >= 0.3 is 5.97 Å². The molecule has 0 unspecified atom stereocenters.